The first kappa shape index (κ1) is 33.9. The van der Waals surface area contributed by atoms with Gasteiger partial charge in [0, 0.05) is 42.2 Å². The van der Waals surface area contributed by atoms with E-state index in [9.17, 15) is 9.59 Å². The maximum Gasteiger partial charge on any atom is 0.407 e. The van der Waals surface area contributed by atoms with Gasteiger partial charge in [0.1, 0.15) is 12.2 Å². The van der Waals surface area contributed by atoms with E-state index in [0.717, 1.165) is 59.2 Å². The van der Waals surface area contributed by atoms with Crippen LogP contribution in [0.15, 0.2) is 36.4 Å². The number of carbonyl (C=O) groups excluding carboxylic acids is 2. The van der Waals surface area contributed by atoms with E-state index in [0.29, 0.717) is 54.1 Å². The molecule has 3 heterocycles. The molecule has 1 atom stereocenters. The molecule has 1 saturated carbocycles. The first-order valence-corrected chi connectivity index (χ1v) is 17.3. The van der Waals surface area contributed by atoms with Crippen LogP contribution in [0.4, 0.5) is 4.79 Å². The van der Waals surface area contributed by atoms with E-state index in [-0.39, 0.29) is 17.9 Å². The number of fused-ring (bicyclic) bond motifs is 2. The monoisotopic (exact) mass is 675 g/mol. The van der Waals surface area contributed by atoms with E-state index in [4.69, 9.17) is 35.5 Å². The number of halogens is 1. The molecule has 1 fully saturated rings. The molecule has 3 aromatic rings. The first-order valence-electron chi connectivity index (χ1n) is 16.9. The van der Waals surface area contributed by atoms with Gasteiger partial charge in [0.15, 0.2) is 11.5 Å². The van der Waals surface area contributed by atoms with E-state index in [1.807, 2.05) is 89.8 Å². The molecule has 0 radical (unpaired) electrons. The predicted octanol–water partition coefficient (Wildman–Crippen LogP) is 8.01. The van der Waals surface area contributed by atoms with E-state index in [1.54, 1.807) is 0 Å². The minimum absolute atomic E-state index is 0.0290. The third-order valence-electron chi connectivity index (χ3n) is 9.62. The van der Waals surface area contributed by atoms with E-state index in [2.05, 4.69) is 5.32 Å². The Labute approximate surface area is 288 Å². The van der Waals surface area contributed by atoms with Gasteiger partial charge >= 0.3 is 6.09 Å². The van der Waals surface area contributed by atoms with Crippen molar-refractivity contribution in [3.05, 3.63) is 80.5 Å². The lowest BCUT2D eigenvalue weighted by Crippen LogP contribution is -2.48. The van der Waals surface area contributed by atoms with Crippen molar-refractivity contribution < 1.29 is 28.5 Å². The summed E-state index contributed by atoms with van der Waals surface area (Å²) in [5.74, 6) is 0.634. The van der Waals surface area contributed by atoms with Gasteiger partial charge in [-0.3, -0.25) is 4.79 Å². The van der Waals surface area contributed by atoms with Crippen molar-refractivity contribution in [2.45, 2.75) is 111 Å². The standard InChI is InChI=1S/C38H46ClN3O6/c1-22-19-23(2)40-34(45-21-25-11-9-8-10-12-25)29(22)20-42-18-17-28-30(35(42)43)24(3)32-33(31(28)39)47-38(7,46-32)26-13-15-27(16-14-26)41-36(44)48-37(4,5)6/h8-12,19,26-27H,13-18,20-21H2,1-7H3,(H,41,44). The van der Waals surface area contributed by atoms with E-state index in [1.165, 1.54) is 0 Å². The molecular formula is C38H46ClN3O6. The lowest BCUT2D eigenvalue weighted by atomic mass is 9.81. The molecule has 48 heavy (non-hydrogen) atoms. The number of ether oxygens (including phenoxy) is 4. The summed E-state index contributed by atoms with van der Waals surface area (Å²) in [5.41, 5.74) is 5.39. The number of nitrogens with zero attached hydrogens (tertiary/aromatic N) is 2. The maximum absolute atomic E-state index is 14.2. The lowest BCUT2D eigenvalue weighted by molar-refractivity contribution is -0.121. The average Bonchev–Trinajstić information content (AvgIpc) is 3.40. The molecule has 9 nitrogen and oxygen atoms in total. The topological polar surface area (TPSA) is 99.2 Å². The molecule has 0 spiro atoms. The van der Waals surface area contributed by atoms with Gasteiger partial charge in [-0.1, -0.05) is 41.9 Å². The van der Waals surface area contributed by atoms with Crippen molar-refractivity contribution in [1.82, 2.24) is 15.2 Å². The Hall–Kier alpha value is -3.98. The summed E-state index contributed by atoms with van der Waals surface area (Å²) in [4.78, 5) is 33.1. The van der Waals surface area contributed by atoms with E-state index < -0.39 is 17.5 Å². The molecule has 1 aromatic heterocycles. The van der Waals surface area contributed by atoms with Crippen molar-refractivity contribution in [3.8, 4) is 17.4 Å². The smallest absolute Gasteiger partial charge is 0.407 e. The highest BCUT2D eigenvalue weighted by atomic mass is 35.5. The van der Waals surface area contributed by atoms with Gasteiger partial charge < -0.3 is 29.2 Å². The van der Waals surface area contributed by atoms with Crippen LogP contribution in [0.2, 0.25) is 5.02 Å². The van der Waals surface area contributed by atoms with Crippen LogP contribution >= 0.6 is 11.6 Å². The average molecular weight is 676 g/mol. The second-order valence-corrected chi connectivity index (χ2v) is 14.9. The van der Waals surface area contributed by atoms with Gasteiger partial charge in [-0.2, -0.15) is 0 Å². The molecule has 6 rings (SSSR count). The van der Waals surface area contributed by atoms with Crippen molar-refractivity contribution in [1.29, 1.82) is 0 Å². The molecule has 1 N–H and O–H groups in total. The fourth-order valence-corrected chi connectivity index (χ4v) is 7.45. The number of aryl methyl sites for hydroxylation is 2. The number of hydrogen-bond donors (Lipinski definition) is 1. The summed E-state index contributed by atoms with van der Waals surface area (Å²) in [6.07, 6.45) is 3.36. The molecule has 2 aromatic carbocycles. The summed E-state index contributed by atoms with van der Waals surface area (Å²) in [5, 5.41) is 3.45. The Kier molecular flexibility index (Phi) is 9.28. The molecule has 2 aliphatic heterocycles. The SMILES string of the molecule is Cc1cc(C)c(CN2CCc3c(Cl)c4c(c(C)c3C2=O)OC(C)(C2CCC(NC(=O)OC(C)(C)C)CC2)O4)c(OCc2ccccc2)n1. The summed E-state index contributed by atoms with van der Waals surface area (Å²) in [7, 11) is 0. The summed E-state index contributed by atoms with van der Waals surface area (Å²) >= 11 is 7.02. The molecular weight excluding hydrogens is 630 g/mol. The summed E-state index contributed by atoms with van der Waals surface area (Å²) in [6.45, 7) is 14.7. The number of amides is 2. The minimum Gasteiger partial charge on any atom is -0.473 e. The van der Waals surface area contributed by atoms with E-state index >= 15 is 0 Å². The molecule has 3 aliphatic rings. The van der Waals surface area contributed by atoms with Crippen molar-refractivity contribution in [2.75, 3.05) is 6.54 Å². The first-order chi connectivity index (χ1) is 22.7. The second kappa shape index (κ2) is 13.1. The number of pyridine rings is 1. The number of benzene rings is 2. The lowest BCUT2D eigenvalue weighted by Gasteiger charge is -2.37. The Morgan fingerprint density at radius 1 is 1.08 bits per heavy atom. The number of rotatable bonds is 7. The zero-order valence-electron chi connectivity index (χ0n) is 29.0. The summed E-state index contributed by atoms with van der Waals surface area (Å²) in [6, 6.07) is 12.0. The Balaban J connectivity index is 1.17. The highest BCUT2D eigenvalue weighted by molar-refractivity contribution is 6.34. The van der Waals surface area contributed by atoms with Crippen LogP contribution in [0.5, 0.6) is 17.4 Å². The van der Waals surface area contributed by atoms with Crippen LogP contribution in [0.3, 0.4) is 0 Å². The van der Waals surface area contributed by atoms with Crippen LogP contribution in [-0.2, 0) is 24.3 Å². The van der Waals surface area contributed by atoms with Crippen LogP contribution < -0.4 is 19.5 Å². The van der Waals surface area contributed by atoms with Crippen LogP contribution in [0.25, 0.3) is 0 Å². The molecule has 0 saturated heterocycles. The van der Waals surface area contributed by atoms with Crippen molar-refractivity contribution in [2.24, 2.45) is 5.92 Å². The minimum atomic E-state index is -0.935. The number of carbonyl (C=O) groups is 2. The zero-order chi connectivity index (χ0) is 34.4. The number of aromatic nitrogens is 1. The van der Waals surface area contributed by atoms with Gasteiger partial charge in [0.25, 0.3) is 11.7 Å². The normalized spacial score (nSPS) is 21.9. The Morgan fingerprint density at radius 3 is 2.46 bits per heavy atom. The summed E-state index contributed by atoms with van der Waals surface area (Å²) < 4.78 is 24.8. The Morgan fingerprint density at radius 2 is 1.77 bits per heavy atom. The predicted molar refractivity (Wildman–Crippen MR) is 184 cm³/mol. The quantitative estimate of drug-likeness (QED) is 0.271. The Bertz CT molecular complexity index is 1710. The van der Waals surface area contributed by atoms with Gasteiger partial charge in [0.2, 0.25) is 5.88 Å². The van der Waals surface area contributed by atoms with Gasteiger partial charge in [-0.05, 0) is 96.4 Å². The molecule has 10 heteroatoms. The number of alkyl carbamates (subject to hydrolysis) is 1. The van der Waals surface area contributed by atoms with Gasteiger partial charge in [0.05, 0.1) is 17.1 Å². The molecule has 2 amide bonds. The maximum atomic E-state index is 14.2. The van der Waals surface area contributed by atoms with Crippen LogP contribution in [-0.4, -0.2) is 45.9 Å². The molecule has 1 unspecified atom stereocenters. The zero-order valence-corrected chi connectivity index (χ0v) is 29.8. The van der Waals surface area contributed by atoms with Gasteiger partial charge in [-0.15, -0.1) is 0 Å². The highest BCUT2D eigenvalue weighted by Crippen LogP contribution is 2.54. The largest absolute Gasteiger partial charge is 0.473 e. The molecule has 1 aliphatic carbocycles. The second-order valence-electron chi connectivity index (χ2n) is 14.5. The number of nitrogens with one attached hydrogen (secondary N) is 1. The third kappa shape index (κ3) is 6.93. The fraction of sp³-hybridized carbons (Fsp3) is 0.500. The molecule has 256 valence electrons. The van der Waals surface area contributed by atoms with Crippen LogP contribution in [0.1, 0.15) is 97.2 Å². The highest BCUT2D eigenvalue weighted by Gasteiger charge is 2.49. The van der Waals surface area contributed by atoms with Crippen molar-refractivity contribution >= 4 is 23.6 Å². The third-order valence-corrected chi connectivity index (χ3v) is 10.0. The van der Waals surface area contributed by atoms with Crippen molar-refractivity contribution in [3.63, 3.8) is 0 Å². The molecule has 0 bridgehead atoms. The fourth-order valence-electron chi connectivity index (χ4n) is 7.14. The van der Waals surface area contributed by atoms with Crippen LogP contribution in [0, 0.1) is 26.7 Å². The van der Waals surface area contributed by atoms with Gasteiger partial charge in [-0.25, -0.2) is 9.78 Å². The number of hydrogen-bond acceptors (Lipinski definition) is 7.